The maximum absolute atomic E-state index is 6.40. The SMILES string of the molecule is CCc1nc(C2CCCOC2)c(N)n1Cc1ccccc1. The fourth-order valence-electron chi connectivity index (χ4n) is 3.00. The molecule has 2 heterocycles. The summed E-state index contributed by atoms with van der Waals surface area (Å²) in [5.74, 6) is 2.23. The second-order valence-corrected chi connectivity index (χ2v) is 5.64. The van der Waals surface area contributed by atoms with Crippen LogP contribution in [0.4, 0.5) is 5.82 Å². The van der Waals surface area contributed by atoms with Crippen LogP contribution in [0.3, 0.4) is 0 Å². The predicted molar refractivity (Wildman–Crippen MR) is 84.4 cm³/mol. The van der Waals surface area contributed by atoms with E-state index in [1.54, 1.807) is 0 Å². The summed E-state index contributed by atoms with van der Waals surface area (Å²) in [5.41, 5.74) is 8.69. The smallest absolute Gasteiger partial charge is 0.127 e. The van der Waals surface area contributed by atoms with E-state index >= 15 is 0 Å². The van der Waals surface area contributed by atoms with Crippen LogP contribution in [0, 0.1) is 0 Å². The van der Waals surface area contributed by atoms with Crippen molar-refractivity contribution < 1.29 is 4.74 Å². The first-order valence-electron chi connectivity index (χ1n) is 7.76. The molecule has 4 nitrogen and oxygen atoms in total. The molecule has 1 saturated heterocycles. The molecule has 0 aliphatic carbocycles. The number of nitrogen functional groups attached to an aromatic ring is 1. The van der Waals surface area contributed by atoms with Crippen LogP contribution in [0.5, 0.6) is 0 Å². The molecule has 2 aromatic rings. The van der Waals surface area contributed by atoms with E-state index in [0.717, 1.165) is 56.4 Å². The van der Waals surface area contributed by atoms with Crippen LogP contribution >= 0.6 is 0 Å². The molecule has 21 heavy (non-hydrogen) atoms. The van der Waals surface area contributed by atoms with Crippen molar-refractivity contribution >= 4 is 5.82 Å². The lowest BCUT2D eigenvalue weighted by molar-refractivity contribution is 0.0796. The highest BCUT2D eigenvalue weighted by atomic mass is 16.5. The van der Waals surface area contributed by atoms with E-state index in [-0.39, 0.29) is 0 Å². The van der Waals surface area contributed by atoms with Gasteiger partial charge in [0.05, 0.1) is 18.8 Å². The van der Waals surface area contributed by atoms with Gasteiger partial charge in [-0.15, -0.1) is 0 Å². The molecule has 1 atom stereocenters. The van der Waals surface area contributed by atoms with Crippen LogP contribution < -0.4 is 5.73 Å². The quantitative estimate of drug-likeness (QED) is 0.939. The lowest BCUT2D eigenvalue weighted by atomic mass is 9.98. The minimum atomic E-state index is 0.348. The number of aryl methyl sites for hydroxylation is 1. The van der Waals surface area contributed by atoms with E-state index in [0.29, 0.717) is 5.92 Å². The highest BCUT2D eigenvalue weighted by molar-refractivity contribution is 5.42. The molecule has 1 unspecified atom stereocenters. The zero-order chi connectivity index (χ0) is 14.7. The average molecular weight is 285 g/mol. The molecule has 112 valence electrons. The van der Waals surface area contributed by atoms with E-state index in [9.17, 15) is 0 Å². The first-order chi connectivity index (χ1) is 10.3. The van der Waals surface area contributed by atoms with Crippen molar-refractivity contribution in [2.45, 2.75) is 38.6 Å². The molecule has 1 aliphatic rings. The Morgan fingerprint density at radius 1 is 1.33 bits per heavy atom. The second-order valence-electron chi connectivity index (χ2n) is 5.64. The molecule has 4 heteroatoms. The number of nitrogens with zero attached hydrogens (tertiary/aromatic N) is 2. The highest BCUT2D eigenvalue weighted by Crippen LogP contribution is 2.30. The van der Waals surface area contributed by atoms with Crippen molar-refractivity contribution in [1.82, 2.24) is 9.55 Å². The molecular weight excluding hydrogens is 262 g/mol. The van der Waals surface area contributed by atoms with E-state index in [4.69, 9.17) is 15.5 Å². The molecule has 3 rings (SSSR count). The largest absolute Gasteiger partial charge is 0.384 e. The summed E-state index contributed by atoms with van der Waals surface area (Å²) in [7, 11) is 0. The van der Waals surface area contributed by atoms with Crippen LogP contribution in [-0.2, 0) is 17.7 Å². The molecule has 0 spiro atoms. The number of hydrogen-bond acceptors (Lipinski definition) is 3. The Balaban J connectivity index is 1.90. The number of ether oxygens (including phenoxy) is 1. The third-order valence-corrected chi connectivity index (χ3v) is 4.16. The summed E-state index contributed by atoms with van der Waals surface area (Å²) in [4.78, 5) is 4.81. The summed E-state index contributed by atoms with van der Waals surface area (Å²) in [6, 6.07) is 10.4. The molecule has 0 radical (unpaired) electrons. The van der Waals surface area contributed by atoms with Gasteiger partial charge in [-0.05, 0) is 18.4 Å². The summed E-state index contributed by atoms with van der Waals surface area (Å²) in [6.07, 6.45) is 3.11. The number of nitrogens with two attached hydrogens (primary N) is 1. The third kappa shape index (κ3) is 2.95. The normalized spacial score (nSPS) is 18.8. The molecule has 2 N–H and O–H groups in total. The first kappa shape index (κ1) is 14.1. The van der Waals surface area contributed by atoms with Crippen molar-refractivity contribution in [2.24, 2.45) is 0 Å². The van der Waals surface area contributed by atoms with Crippen molar-refractivity contribution in [1.29, 1.82) is 0 Å². The summed E-state index contributed by atoms with van der Waals surface area (Å²) in [5, 5.41) is 0. The Hall–Kier alpha value is -1.81. The lowest BCUT2D eigenvalue weighted by Gasteiger charge is -2.21. The molecule has 1 aliphatic heterocycles. The maximum Gasteiger partial charge on any atom is 0.127 e. The third-order valence-electron chi connectivity index (χ3n) is 4.16. The van der Waals surface area contributed by atoms with Crippen LogP contribution in [0.1, 0.15) is 42.8 Å². The lowest BCUT2D eigenvalue weighted by Crippen LogP contribution is -2.17. The molecular formula is C17H23N3O. The Morgan fingerprint density at radius 2 is 2.14 bits per heavy atom. The predicted octanol–water partition coefficient (Wildman–Crippen LogP) is 2.97. The average Bonchev–Trinajstić information content (AvgIpc) is 2.86. The van der Waals surface area contributed by atoms with E-state index in [1.165, 1.54) is 5.56 Å². The van der Waals surface area contributed by atoms with Crippen molar-refractivity contribution in [3.05, 3.63) is 47.4 Å². The summed E-state index contributed by atoms with van der Waals surface area (Å²) in [6.45, 7) is 4.53. The maximum atomic E-state index is 6.40. The van der Waals surface area contributed by atoms with Gasteiger partial charge in [0.15, 0.2) is 0 Å². The number of anilines is 1. The van der Waals surface area contributed by atoms with Crippen LogP contribution in [-0.4, -0.2) is 22.8 Å². The minimum absolute atomic E-state index is 0.348. The highest BCUT2D eigenvalue weighted by Gasteiger charge is 2.24. The zero-order valence-corrected chi connectivity index (χ0v) is 12.6. The number of rotatable bonds is 4. The minimum Gasteiger partial charge on any atom is -0.384 e. The van der Waals surface area contributed by atoms with E-state index in [2.05, 4.69) is 35.8 Å². The van der Waals surface area contributed by atoms with Gasteiger partial charge >= 0.3 is 0 Å². The van der Waals surface area contributed by atoms with Gasteiger partial charge in [0, 0.05) is 18.9 Å². The standard InChI is InChI=1S/C17H23N3O/c1-2-15-19-16(14-9-6-10-21-12-14)17(18)20(15)11-13-7-4-3-5-8-13/h3-5,7-8,14H,2,6,9-12,18H2,1H3. The number of hydrogen-bond donors (Lipinski definition) is 1. The molecule has 0 bridgehead atoms. The van der Waals surface area contributed by atoms with E-state index < -0.39 is 0 Å². The van der Waals surface area contributed by atoms with Crippen molar-refractivity contribution in [3.63, 3.8) is 0 Å². The Morgan fingerprint density at radius 3 is 2.81 bits per heavy atom. The molecule has 0 amide bonds. The monoisotopic (exact) mass is 285 g/mol. The number of imidazole rings is 1. The van der Waals surface area contributed by atoms with Gasteiger partial charge in [0.25, 0.3) is 0 Å². The van der Waals surface area contributed by atoms with E-state index in [1.807, 2.05) is 6.07 Å². The Bertz CT molecular complexity index is 586. The molecule has 1 fully saturated rings. The van der Waals surface area contributed by atoms with Gasteiger partial charge in [-0.2, -0.15) is 0 Å². The Labute approximate surface area is 125 Å². The van der Waals surface area contributed by atoms with Crippen LogP contribution in [0.15, 0.2) is 30.3 Å². The summed E-state index contributed by atoms with van der Waals surface area (Å²) < 4.78 is 7.74. The fraction of sp³-hybridized carbons (Fsp3) is 0.471. The number of aromatic nitrogens is 2. The molecule has 1 aromatic carbocycles. The van der Waals surface area contributed by atoms with Gasteiger partial charge in [-0.1, -0.05) is 37.3 Å². The topological polar surface area (TPSA) is 53.1 Å². The summed E-state index contributed by atoms with van der Waals surface area (Å²) >= 11 is 0. The molecule has 1 aromatic heterocycles. The van der Waals surface area contributed by atoms with Crippen LogP contribution in [0.25, 0.3) is 0 Å². The van der Waals surface area contributed by atoms with Crippen molar-refractivity contribution in [3.8, 4) is 0 Å². The Kier molecular flexibility index (Phi) is 4.25. The van der Waals surface area contributed by atoms with Crippen molar-refractivity contribution in [2.75, 3.05) is 18.9 Å². The van der Waals surface area contributed by atoms with Gasteiger partial charge in [0.2, 0.25) is 0 Å². The number of benzene rings is 1. The zero-order valence-electron chi connectivity index (χ0n) is 12.6. The first-order valence-corrected chi connectivity index (χ1v) is 7.76. The van der Waals surface area contributed by atoms with Gasteiger partial charge < -0.3 is 15.0 Å². The van der Waals surface area contributed by atoms with Gasteiger partial charge in [-0.25, -0.2) is 4.98 Å². The second kappa shape index (κ2) is 6.31. The molecule has 0 saturated carbocycles. The van der Waals surface area contributed by atoms with Gasteiger partial charge in [0.1, 0.15) is 11.6 Å². The fourth-order valence-corrected chi connectivity index (χ4v) is 3.00. The van der Waals surface area contributed by atoms with Crippen LogP contribution in [0.2, 0.25) is 0 Å². The van der Waals surface area contributed by atoms with Gasteiger partial charge in [-0.3, -0.25) is 0 Å².